The first-order valence-electron chi connectivity index (χ1n) is 10.2. The monoisotopic (exact) mass is 429 g/mol. The molecule has 8 heteroatoms. The molecule has 2 bridgehead atoms. The van der Waals surface area contributed by atoms with E-state index >= 15 is 0 Å². The van der Waals surface area contributed by atoms with Crippen LogP contribution < -0.4 is 9.47 Å². The molecule has 2 heterocycles. The minimum Gasteiger partial charge on any atom is -0.486 e. The predicted molar refractivity (Wildman–Crippen MR) is 108 cm³/mol. The standard InChI is InChI=1S/C22H23NO6S/c24-22(29-14-15-4-2-1-3-5-15)21-16-6-7-17(12-16)23(21)30(25,26)18-8-9-19-20(13-18)28-11-10-27-19/h1-5,8-9,13,16-17,21H,6-7,10-12,14H2/t16-,17-,21+/m0/s1. The van der Waals surface area contributed by atoms with E-state index in [9.17, 15) is 13.2 Å². The first-order valence-corrected chi connectivity index (χ1v) is 11.6. The van der Waals surface area contributed by atoms with Crippen molar-refractivity contribution in [3.63, 3.8) is 0 Å². The largest absolute Gasteiger partial charge is 0.486 e. The van der Waals surface area contributed by atoms with E-state index < -0.39 is 22.0 Å². The molecule has 7 nitrogen and oxygen atoms in total. The number of hydrogen-bond donors (Lipinski definition) is 0. The Bertz CT molecular complexity index is 1050. The van der Waals surface area contributed by atoms with Crippen LogP contribution in [-0.2, 0) is 26.2 Å². The first kappa shape index (κ1) is 19.4. The van der Waals surface area contributed by atoms with Crippen LogP contribution in [-0.4, -0.2) is 44.0 Å². The highest BCUT2D eigenvalue weighted by atomic mass is 32.2. The molecule has 1 saturated carbocycles. The lowest BCUT2D eigenvalue weighted by Crippen LogP contribution is -2.49. The molecule has 2 aliphatic heterocycles. The number of ether oxygens (including phenoxy) is 3. The number of sulfonamides is 1. The van der Waals surface area contributed by atoms with Gasteiger partial charge in [-0.05, 0) is 42.9 Å². The number of carbonyl (C=O) groups is 1. The molecule has 2 aromatic carbocycles. The molecule has 1 aliphatic carbocycles. The third-order valence-electron chi connectivity index (χ3n) is 6.08. The van der Waals surface area contributed by atoms with Gasteiger partial charge < -0.3 is 14.2 Å². The molecule has 3 atom stereocenters. The Balaban J connectivity index is 1.40. The van der Waals surface area contributed by atoms with Gasteiger partial charge in [-0.2, -0.15) is 4.31 Å². The van der Waals surface area contributed by atoms with Gasteiger partial charge in [0.15, 0.2) is 11.5 Å². The number of esters is 1. The topological polar surface area (TPSA) is 82.1 Å². The summed E-state index contributed by atoms with van der Waals surface area (Å²) in [5, 5.41) is 0. The Morgan fingerprint density at radius 2 is 1.80 bits per heavy atom. The molecule has 5 rings (SSSR count). The Hall–Kier alpha value is -2.58. The van der Waals surface area contributed by atoms with Gasteiger partial charge in [0.25, 0.3) is 0 Å². The summed E-state index contributed by atoms with van der Waals surface area (Å²) in [7, 11) is -3.88. The SMILES string of the molecule is O=C(OCc1ccccc1)[C@H]1[C@H]2CC[C@@H](C2)N1S(=O)(=O)c1ccc2c(c1)OCCO2. The van der Waals surface area contributed by atoms with Crippen molar-refractivity contribution in [1.29, 1.82) is 0 Å². The van der Waals surface area contributed by atoms with Crippen molar-refractivity contribution in [3.8, 4) is 11.5 Å². The Morgan fingerprint density at radius 1 is 1.03 bits per heavy atom. The lowest BCUT2D eigenvalue weighted by molar-refractivity contribution is -0.151. The van der Waals surface area contributed by atoms with E-state index in [1.165, 1.54) is 16.4 Å². The highest BCUT2D eigenvalue weighted by molar-refractivity contribution is 7.89. The minimum atomic E-state index is -3.88. The third-order valence-corrected chi connectivity index (χ3v) is 8.01. The zero-order chi connectivity index (χ0) is 20.7. The summed E-state index contributed by atoms with van der Waals surface area (Å²) in [4.78, 5) is 13.1. The van der Waals surface area contributed by atoms with Gasteiger partial charge in [-0.1, -0.05) is 30.3 Å². The summed E-state index contributed by atoms with van der Waals surface area (Å²) >= 11 is 0. The van der Waals surface area contributed by atoms with Crippen molar-refractivity contribution in [1.82, 2.24) is 4.31 Å². The van der Waals surface area contributed by atoms with E-state index in [-0.39, 0.29) is 23.5 Å². The van der Waals surface area contributed by atoms with Crippen LogP contribution in [0.4, 0.5) is 0 Å². The summed E-state index contributed by atoms with van der Waals surface area (Å²) in [6.45, 7) is 0.940. The van der Waals surface area contributed by atoms with Crippen LogP contribution in [0.5, 0.6) is 11.5 Å². The van der Waals surface area contributed by atoms with Crippen molar-refractivity contribution < 1.29 is 27.4 Å². The summed E-state index contributed by atoms with van der Waals surface area (Å²) in [5.74, 6) is 0.453. The summed E-state index contributed by atoms with van der Waals surface area (Å²) in [6.07, 6.45) is 2.29. The zero-order valence-electron chi connectivity index (χ0n) is 16.4. The number of nitrogens with zero attached hydrogens (tertiary/aromatic N) is 1. The molecule has 0 amide bonds. The summed E-state index contributed by atoms with van der Waals surface area (Å²) in [5.41, 5.74) is 0.871. The van der Waals surface area contributed by atoms with Crippen molar-refractivity contribution in [2.24, 2.45) is 5.92 Å². The number of benzene rings is 2. The molecular weight excluding hydrogens is 406 g/mol. The fourth-order valence-electron chi connectivity index (χ4n) is 4.71. The minimum absolute atomic E-state index is 0.00902. The van der Waals surface area contributed by atoms with Crippen molar-refractivity contribution >= 4 is 16.0 Å². The molecular formula is C22H23NO6S. The van der Waals surface area contributed by atoms with Gasteiger partial charge in [0.05, 0.1) is 4.90 Å². The fourth-order valence-corrected chi connectivity index (χ4v) is 6.59. The maximum Gasteiger partial charge on any atom is 0.325 e. The highest BCUT2D eigenvalue weighted by Gasteiger charge is 2.55. The molecule has 0 N–H and O–H groups in total. The normalized spacial score (nSPS) is 25.3. The van der Waals surface area contributed by atoms with Crippen molar-refractivity contribution in [2.75, 3.05) is 13.2 Å². The zero-order valence-corrected chi connectivity index (χ0v) is 17.2. The third kappa shape index (κ3) is 3.33. The van der Waals surface area contributed by atoms with Crippen LogP contribution >= 0.6 is 0 Å². The molecule has 2 aromatic rings. The van der Waals surface area contributed by atoms with Crippen LogP contribution in [0.1, 0.15) is 24.8 Å². The molecule has 158 valence electrons. The lowest BCUT2D eigenvalue weighted by Gasteiger charge is -2.33. The molecule has 0 radical (unpaired) electrons. The van der Waals surface area contributed by atoms with Gasteiger partial charge in [-0.15, -0.1) is 0 Å². The van der Waals surface area contributed by atoms with Crippen molar-refractivity contribution in [3.05, 3.63) is 54.1 Å². The van der Waals surface area contributed by atoms with Gasteiger partial charge in [0, 0.05) is 12.1 Å². The average molecular weight is 429 g/mol. The molecule has 0 aromatic heterocycles. The summed E-state index contributed by atoms with van der Waals surface area (Å²) < 4.78 is 45.0. The average Bonchev–Trinajstić information content (AvgIpc) is 3.40. The fraction of sp³-hybridized carbons (Fsp3) is 0.409. The lowest BCUT2D eigenvalue weighted by atomic mass is 10.0. The van der Waals surface area contributed by atoms with Gasteiger partial charge in [0.1, 0.15) is 25.9 Å². The number of piperidine rings is 1. The highest BCUT2D eigenvalue weighted by Crippen LogP contribution is 2.46. The second kappa shape index (κ2) is 7.59. The smallest absolute Gasteiger partial charge is 0.325 e. The van der Waals surface area contributed by atoms with Crippen LogP contribution in [0.25, 0.3) is 0 Å². The Labute approximate surface area is 175 Å². The van der Waals surface area contributed by atoms with E-state index in [1.807, 2.05) is 30.3 Å². The van der Waals surface area contributed by atoms with Crippen LogP contribution in [0.2, 0.25) is 0 Å². The van der Waals surface area contributed by atoms with Crippen molar-refractivity contribution in [2.45, 2.75) is 42.8 Å². The molecule has 0 spiro atoms. The number of rotatable bonds is 5. The second-order valence-electron chi connectivity index (χ2n) is 7.91. The van der Waals surface area contributed by atoms with E-state index in [1.54, 1.807) is 6.07 Å². The predicted octanol–water partition coefficient (Wildman–Crippen LogP) is 2.74. The van der Waals surface area contributed by atoms with E-state index in [4.69, 9.17) is 14.2 Å². The molecule has 1 saturated heterocycles. The van der Waals surface area contributed by atoms with Crippen LogP contribution in [0.3, 0.4) is 0 Å². The number of fused-ring (bicyclic) bond motifs is 3. The van der Waals surface area contributed by atoms with E-state index in [2.05, 4.69) is 0 Å². The molecule has 2 fully saturated rings. The van der Waals surface area contributed by atoms with Gasteiger partial charge in [0.2, 0.25) is 10.0 Å². The summed E-state index contributed by atoms with van der Waals surface area (Å²) in [6, 6.07) is 13.0. The maximum atomic E-state index is 13.5. The Morgan fingerprint density at radius 3 is 2.60 bits per heavy atom. The molecule has 30 heavy (non-hydrogen) atoms. The van der Waals surface area contributed by atoms with Gasteiger partial charge in [-0.25, -0.2) is 8.42 Å². The molecule has 3 aliphatic rings. The van der Waals surface area contributed by atoms with Gasteiger partial charge in [-0.3, -0.25) is 4.79 Å². The van der Waals surface area contributed by atoms with E-state index in [0.717, 1.165) is 18.4 Å². The number of hydrogen-bond acceptors (Lipinski definition) is 6. The first-order chi connectivity index (χ1) is 14.5. The van der Waals surface area contributed by atoms with Crippen LogP contribution in [0, 0.1) is 5.92 Å². The van der Waals surface area contributed by atoms with Gasteiger partial charge >= 0.3 is 5.97 Å². The second-order valence-corrected chi connectivity index (χ2v) is 9.75. The number of carbonyl (C=O) groups excluding carboxylic acids is 1. The molecule has 0 unspecified atom stereocenters. The van der Waals surface area contributed by atoms with E-state index in [0.29, 0.717) is 31.1 Å². The quantitative estimate of drug-likeness (QED) is 0.680. The maximum absolute atomic E-state index is 13.5. The Kier molecular flexibility index (Phi) is 4.91. The van der Waals surface area contributed by atoms with Crippen LogP contribution in [0.15, 0.2) is 53.4 Å².